The van der Waals surface area contributed by atoms with Crippen molar-refractivity contribution in [3.8, 4) is 6.07 Å². The topological polar surface area (TPSA) is 61.1 Å². The molecule has 72 valence electrons. The van der Waals surface area contributed by atoms with Crippen LogP contribution in [-0.2, 0) is 5.33 Å². The van der Waals surface area contributed by atoms with Gasteiger partial charge in [0.2, 0.25) is 0 Å². The van der Waals surface area contributed by atoms with Crippen molar-refractivity contribution in [1.29, 1.82) is 5.26 Å². The van der Waals surface area contributed by atoms with E-state index in [-0.39, 0.29) is 5.56 Å². The smallest absolute Gasteiger partial charge is 0.335 e. The van der Waals surface area contributed by atoms with Crippen LogP contribution in [0.15, 0.2) is 17.0 Å². The molecule has 0 atom stereocenters. The van der Waals surface area contributed by atoms with Crippen molar-refractivity contribution in [2.45, 2.75) is 10.2 Å². The Morgan fingerprint density at radius 3 is 2.71 bits per heavy atom. The van der Waals surface area contributed by atoms with Gasteiger partial charge >= 0.3 is 5.97 Å². The van der Waals surface area contributed by atoms with Gasteiger partial charge in [-0.2, -0.15) is 5.26 Å². The summed E-state index contributed by atoms with van der Waals surface area (Å²) in [5.41, 5.74) is 1.19. The Labute approximate surface area is 94.9 Å². The van der Waals surface area contributed by atoms with Gasteiger partial charge in [-0.05, 0) is 17.7 Å². The fourth-order valence-corrected chi connectivity index (χ4v) is 1.82. The third kappa shape index (κ3) is 2.08. The normalized spacial score (nSPS) is 9.50. The summed E-state index contributed by atoms with van der Waals surface area (Å²) in [5.74, 6) is -1.02. The second kappa shape index (κ2) is 4.49. The zero-order valence-corrected chi connectivity index (χ0v) is 9.47. The maximum Gasteiger partial charge on any atom is 0.335 e. The van der Waals surface area contributed by atoms with Crippen LogP contribution in [-0.4, -0.2) is 11.1 Å². The average Bonchev–Trinajstić information content (AvgIpc) is 2.16. The molecule has 0 amide bonds. The van der Waals surface area contributed by atoms with Crippen LogP contribution in [0, 0.1) is 11.3 Å². The minimum Gasteiger partial charge on any atom is -0.478 e. The number of nitrogens with zero attached hydrogens (tertiary/aromatic N) is 1. The predicted molar refractivity (Wildman–Crippen MR) is 58.0 cm³/mol. The molecule has 1 N–H and O–H groups in total. The number of carboxylic acid groups (broad SMARTS) is 1. The summed E-state index contributed by atoms with van der Waals surface area (Å²) in [6.45, 7) is 0. The van der Waals surface area contributed by atoms with Gasteiger partial charge in [-0.3, -0.25) is 0 Å². The summed E-state index contributed by atoms with van der Waals surface area (Å²) in [7, 11) is 0. The molecule has 1 aromatic carbocycles. The lowest BCUT2D eigenvalue weighted by Gasteiger charge is -2.04. The van der Waals surface area contributed by atoms with E-state index in [2.05, 4.69) is 28.6 Å². The van der Waals surface area contributed by atoms with Crippen molar-refractivity contribution in [2.75, 3.05) is 0 Å². The average molecular weight is 272 g/mol. The highest BCUT2D eigenvalue weighted by atomic mass is 79.9. The Balaban J connectivity index is 3.40. The van der Waals surface area contributed by atoms with Crippen molar-refractivity contribution in [3.05, 3.63) is 28.8 Å². The molecule has 14 heavy (non-hydrogen) atoms. The quantitative estimate of drug-likeness (QED) is 0.642. The first-order valence-corrected chi connectivity index (χ1v) is 5.22. The summed E-state index contributed by atoms with van der Waals surface area (Å²) in [6.07, 6.45) is 0. The molecule has 0 saturated heterocycles. The van der Waals surface area contributed by atoms with Gasteiger partial charge in [-0.25, -0.2) is 4.79 Å². The molecule has 0 radical (unpaired) electrons. The molecule has 3 nitrogen and oxygen atoms in total. The largest absolute Gasteiger partial charge is 0.478 e. The molecule has 0 spiro atoms. The van der Waals surface area contributed by atoms with E-state index in [1.165, 1.54) is 12.1 Å². The maximum absolute atomic E-state index is 10.7. The molecule has 1 rings (SSSR count). The summed E-state index contributed by atoms with van der Waals surface area (Å²) in [4.78, 5) is 11.1. The molecular formula is C9H6BrNO2S. The van der Waals surface area contributed by atoms with Crippen molar-refractivity contribution in [1.82, 2.24) is 0 Å². The molecule has 0 saturated carbocycles. The Hall–Kier alpha value is -0.990. The zero-order valence-electron chi connectivity index (χ0n) is 6.99. The Morgan fingerprint density at radius 1 is 1.64 bits per heavy atom. The van der Waals surface area contributed by atoms with E-state index in [9.17, 15) is 4.79 Å². The van der Waals surface area contributed by atoms with Crippen molar-refractivity contribution in [3.63, 3.8) is 0 Å². The van der Waals surface area contributed by atoms with Crippen LogP contribution in [0.2, 0.25) is 0 Å². The first-order chi connectivity index (χ1) is 6.60. The van der Waals surface area contributed by atoms with E-state index in [1.807, 2.05) is 6.07 Å². The van der Waals surface area contributed by atoms with Crippen LogP contribution in [0.1, 0.15) is 21.5 Å². The fraction of sp³-hybridized carbons (Fsp3) is 0.111. The maximum atomic E-state index is 10.7. The Morgan fingerprint density at radius 2 is 2.29 bits per heavy atom. The van der Waals surface area contributed by atoms with Gasteiger partial charge in [0.1, 0.15) is 6.07 Å². The van der Waals surface area contributed by atoms with Gasteiger partial charge in [0.05, 0.1) is 11.1 Å². The number of rotatable bonds is 2. The zero-order chi connectivity index (χ0) is 10.7. The van der Waals surface area contributed by atoms with Crippen molar-refractivity contribution < 1.29 is 9.90 Å². The molecule has 0 aliphatic carbocycles. The van der Waals surface area contributed by atoms with Crippen LogP contribution in [0.5, 0.6) is 0 Å². The number of benzene rings is 1. The Kier molecular flexibility index (Phi) is 3.55. The highest BCUT2D eigenvalue weighted by Crippen LogP contribution is 2.22. The highest BCUT2D eigenvalue weighted by molar-refractivity contribution is 9.08. The Bertz CT molecular complexity index is 426. The van der Waals surface area contributed by atoms with Gasteiger partial charge < -0.3 is 5.11 Å². The molecule has 0 unspecified atom stereocenters. The lowest BCUT2D eigenvalue weighted by Crippen LogP contribution is -1.99. The number of halogens is 1. The van der Waals surface area contributed by atoms with E-state index in [1.54, 1.807) is 0 Å². The number of aromatic carboxylic acids is 1. The van der Waals surface area contributed by atoms with Crippen LogP contribution in [0.25, 0.3) is 0 Å². The van der Waals surface area contributed by atoms with E-state index in [4.69, 9.17) is 10.4 Å². The monoisotopic (exact) mass is 271 g/mol. The SMILES string of the molecule is N#Cc1c(S)cc(C(=O)O)cc1CBr. The van der Waals surface area contributed by atoms with E-state index >= 15 is 0 Å². The minimum absolute atomic E-state index is 0.142. The predicted octanol–water partition coefficient (Wildman–Crippen LogP) is 2.44. The molecule has 0 heterocycles. The number of hydrogen-bond acceptors (Lipinski definition) is 3. The number of thiol groups is 1. The third-order valence-electron chi connectivity index (χ3n) is 1.70. The summed E-state index contributed by atoms with van der Waals surface area (Å²) in [5, 5.41) is 18.0. The first-order valence-electron chi connectivity index (χ1n) is 3.65. The number of alkyl halides is 1. The first kappa shape index (κ1) is 11.1. The number of hydrogen-bond donors (Lipinski definition) is 2. The van der Waals surface area contributed by atoms with Gasteiger partial charge in [0.15, 0.2) is 0 Å². The molecule has 0 bridgehead atoms. The molecule has 0 aliphatic heterocycles. The fourth-order valence-electron chi connectivity index (χ4n) is 1.04. The summed E-state index contributed by atoms with van der Waals surface area (Å²) < 4.78 is 0. The van der Waals surface area contributed by atoms with Crippen molar-refractivity contribution >= 4 is 34.5 Å². The van der Waals surface area contributed by atoms with Gasteiger partial charge in [0, 0.05) is 10.2 Å². The molecular weight excluding hydrogens is 266 g/mol. The van der Waals surface area contributed by atoms with Crippen LogP contribution < -0.4 is 0 Å². The van der Waals surface area contributed by atoms with Crippen LogP contribution in [0.3, 0.4) is 0 Å². The van der Waals surface area contributed by atoms with Gasteiger partial charge in [-0.15, -0.1) is 12.6 Å². The number of carboxylic acids is 1. The van der Waals surface area contributed by atoms with Crippen molar-refractivity contribution in [2.24, 2.45) is 0 Å². The number of carbonyl (C=O) groups is 1. The molecule has 1 aromatic rings. The highest BCUT2D eigenvalue weighted by Gasteiger charge is 2.11. The molecule has 0 aromatic heterocycles. The lowest BCUT2D eigenvalue weighted by atomic mass is 10.1. The van der Waals surface area contributed by atoms with E-state index < -0.39 is 5.97 Å². The second-order valence-corrected chi connectivity index (χ2v) is 3.62. The summed E-state index contributed by atoms with van der Waals surface area (Å²) >= 11 is 7.25. The van der Waals surface area contributed by atoms with Crippen LogP contribution in [0.4, 0.5) is 0 Å². The molecule has 5 heteroatoms. The lowest BCUT2D eigenvalue weighted by molar-refractivity contribution is 0.0696. The van der Waals surface area contributed by atoms with Gasteiger partial charge in [0.25, 0.3) is 0 Å². The van der Waals surface area contributed by atoms with E-state index in [0.29, 0.717) is 21.4 Å². The minimum atomic E-state index is -1.02. The standard InChI is InChI=1S/C9H6BrNO2S/c10-3-6-1-5(9(12)13)2-8(14)7(6)4-11/h1-2,14H,3H2,(H,12,13). The van der Waals surface area contributed by atoms with Gasteiger partial charge in [-0.1, -0.05) is 15.9 Å². The van der Waals surface area contributed by atoms with E-state index in [0.717, 1.165) is 0 Å². The second-order valence-electron chi connectivity index (χ2n) is 2.58. The van der Waals surface area contributed by atoms with Crippen LogP contribution >= 0.6 is 28.6 Å². The summed E-state index contributed by atoms with van der Waals surface area (Å²) in [6, 6.07) is 4.82. The molecule has 0 aliphatic rings. The molecule has 0 fully saturated rings. The number of nitriles is 1. The third-order valence-corrected chi connectivity index (χ3v) is 2.66.